The summed E-state index contributed by atoms with van der Waals surface area (Å²) in [6, 6.07) is 10.1. The van der Waals surface area contributed by atoms with E-state index in [0.29, 0.717) is 19.6 Å². The van der Waals surface area contributed by atoms with Crippen LogP contribution in [-0.4, -0.2) is 36.7 Å². The van der Waals surface area contributed by atoms with Gasteiger partial charge in [0.15, 0.2) is 0 Å². The molecular weight excluding hydrogens is 334 g/mol. The summed E-state index contributed by atoms with van der Waals surface area (Å²) in [6.45, 7) is 2.71. The first kappa shape index (κ1) is 17.9. The molecule has 3 rings (SSSR count). The lowest BCUT2D eigenvalue weighted by Crippen LogP contribution is -2.44. The maximum Gasteiger partial charge on any atom is 0.221 e. The Hall–Kier alpha value is -1.47. The number of morpholine rings is 1. The van der Waals surface area contributed by atoms with Crippen LogP contribution in [0.5, 0.6) is 0 Å². The van der Waals surface area contributed by atoms with Gasteiger partial charge in [0.05, 0.1) is 30.3 Å². The van der Waals surface area contributed by atoms with Gasteiger partial charge in [-0.1, -0.05) is 6.07 Å². The number of amides is 1. The molecule has 1 aliphatic heterocycles. The van der Waals surface area contributed by atoms with E-state index in [0.717, 1.165) is 28.6 Å². The molecule has 5 nitrogen and oxygen atoms in total. The molecule has 7 heteroatoms. The van der Waals surface area contributed by atoms with E-state index in [1.807, 2.05) is 30.3 Å². The highest BCUT2D eigenvalue weighted by Crippen LogP contribution is 2.26. The van der Waals surface area contributed by atoms with E-state index in [2.05, 4.69) is 15.6 Å². The van der Waals surface area contributed by atoms with Crippen LogP contribution in [0.3, 0.4) is 0 Å². The molecule has 1 aliphatic rings. The van der Waals surface area contributed by atoms with Crippen molar-refractivity contribution in [2.24, 2.45) is 0 Å². The Balaban J connectivity index is 0.00000192. The van der Waals surface area contributed by atoms with Crippen molar-refractivity contribution in [3.8, 4) is 10.6 Å². The molecule has 1 amide bonds. The third-order valence-electron chi connectivity index (χ3n) is 3.47. The molecule has 1 unspecified atom stereocenters. The number of hydrogen-bond acceptors (Lipinski definition) is 5. The van der Waals surface area contributed by atoms with Gasteiger partial charge >= 0.3 is 0 Å². The van der Waals surface area contributed by atoms with Crippen molar-refractivity contribution in [3.05, 3.63) is 41.4 Å². The van der Waals surface area contributed by atoms with Crippen LogP contribution in [0.2, 0.25) is 0 Å². The molecule has 124 valence electrons. The van der Waals surface area contributed by atoms with Gasteiger partial charge in [0.2, 0.25) is 5.91 Å². The van der Waals surface area contributed by atoms with E-state index in [4.69, 9.17) is 4.74 Å². The molecular formula is C16H20ClN3O2S. The number of aromatic nitrogens is 1. The van der Waals surface area contributed by atoms with Crippen molar-refractivity contribution in [1.82, 2.24) is 15.6 Å². The average Bonchev–Trinajstić information content (AvgIpc) is 3.04. The van der Waals surface area contributed by atoms with Crippen LogP contribution in [0.4, 0.5) is 0 Å². The highest BCUT2D eigenvalue weighted by atomic mass is 35.5. The number of carbonyl (C=O) groups excluding carboxylic acids is 1. The number of carbonyl (C=O) groups is 1. The molecule has 0 saturated carbocycles. The van der Waals surface area contributed by atoms with E-state index in [1.54, 1.807) is 17.5 Å². The largest absolute Gasteiger partial charge is 0.378 e. The number of nitrogens with one attached hydrogen (secondary N) is 2. The molecule has 0 aliphatic carbocycles. The first-order chi connectivity index (χ1) is 10.8. The molecule has 1 saturated heterocycles. The molecule has 23 heavy (non-hydrogen) atoms. The van der Waals surface area contributed by atoms with Gasteiger partial charge < -0.3 is 15.4 Å². The molecule has 3 heterocycles. The van der Waals surface area contributed by atoms with E-state index in [1.165, 1.54) is 0 Å². The lowest BCUT2D eigenvalue weighted by Gasteiger charge is -2.23. The molecule has 1 fully saturated rings. The Labute approximate surface area is 145 Å². The fraction of sp³-hybridized carbons (Fsp3) is 0.375. The van der Waals surface area contributed by atoms with Gasteiger partial charge in [-0.3, -0.25) is 9.78 Å². The van der Waals surface area contributed by atoms with Crippen LogP contribution in [0, 0.1) is 0 Å². The molecule has 2 N–H and O–H groups in total. The number of rotatable bonds is 5. The average molecular weight is 354 g/mol. The number of nitrogens with zero attached hydrogens (tertiary/aromatic N) is 1. The van der Waals surface area contributed by atoms with Gasteiger partial charge in [-0.15, -0.1) is 23.7 Å². The minimum atomic E-state index is 0. The number of thiophene rings is 1. The zero-order valence-corrected chi connectivity index (χ0v) is 14.3. The second-order valence-corrected chi connectivity index (χ2v) is 6.36. The number of pyridine rings is 1. The standard InChI is InChI=1S/C16H19N3O2S.ClH/c20-16(9-12-11-21-8-7-17-12)19-10-13-4-5-15(22-13)14-3-1-2-6-18-14;/h1-6,12,17H,7-11H2,(H,19,20);1H. The third-order valence-corrected chi connectivity index (χ3v) is 4.58. The zero-order chi connectivity index (χ0) is 15.2. The van der Waals surface area contributed by atoms with Crippen molar-refractivity contribution in [3.63, 3.8) is 0 Å². The molecule has 2 aromatic heterocycles. The second-order valence-electron chi connectivity index (χ2n) is 5.19. The second kappa shape index (κ2) is 8.98. The topological polar surface area (TPSA) is 63.2 Å². The van der Waals surface area contributed by atoms with Gasteiger partial charge in [-0.2, -0.15) is 0 Å². The van der Waals surface area contributed by atoms with Crippen LogP contribution >= 0.6 is 23.7 Å². The summed E-state index contributed by atoms with van der Waals surface area (Å²) in [5.74, 6) is 0.0517. The Morgan fingerprint density at radius 2 is 2.30 bits per heavy atom. The quantitative estimate of drug-likeness (QED) is 0.865. The lowest BCUT2D eigenvalue weighted by molar-refractivity contribution is -0.122. The van der Waals surface area contributed by atoms with Crippen molar-refractivity contribution in [1.29, 1.82) is 0 Å². The summed E-state index contributed by atoms with van der Waals surface area (Å²) in [7, 11) is 0. The highest BCUT2D eigenvalue weighted by Gasteiger charge is 2.16. The Kier molecular flexibility index (Phi) is 6.98. The summed E-state index contributed by atoms with van der Waals surface area (Å²) in [5.41, 5.74) is 0.966. The first-order valence-corrected chi connectivity index (χ1v) is 8.21. The van der Waals surface area contributed by atoms with E-state index < -0.39 is 0 Å². The summed E-state index contributed by atoms with van der Waals surface area (Å²) in [4.78, 5) is 18.5. The molecule has 0 aromatic carbocycles. The number of hydrogen-bond donors (Lipinski definition) is 2. The lowest BCUT2D eigenvalue weighted by atomic mass is 10.2. The third kappa shape index (κ3) is 5.28. The van der Waals surface area contributed by atoms with Crippen LogP contribution in [0.25, 0.3) is 10.6 Å². The van der Waals surface area contributed by atoms with Crippen molar-refractivity contribution in [2.75, 3.05) is 19.8 Å². The number of ether oxygens (including phenoxy) is 1. The van der Waals surface area contributed by atoms with Gasteiger partial charge in [0, 0.05) is 30.1 Å². The summed E-state index contributed by atoms with van der Waals surface area (Å²) in [6.07, 6.45) is 2.24. The Morgan fingerprint density at radius 1 is 1.39 bits per heavy atom. The van der Waals surface area contributed by atoms with Crippen LogP contribution < -0.4 is 10.6 Å². The molecule has 0 spiro atoms. The normalized spacial score (nSPS) is 17.3. The van der Waals surface area contributed by atoms with E-state index in [9.17, 15) is 4.79 Å². The summed E-state index contributed by atoms with van der Waals surface area (Å²) in [5, 5.41) is 6.25. The highest BCUT2D eigenvalue weighted by molar-refractivity contribution is 7.15. The maximum atomic E-state index is 11.9. The molecule has 2 aromatic rings. The predicted octanol–water partition coefficient (Wildman–Crippen LogP) is 2.23. The Morgan fingerprint density at radius 3 is 3.04 bits per heavy atom. The number of halogens is 1. The monoisotopic (exact) mass is 353 g/mol. The SMILES string of the molecule is Cl.O=C(CC1COCCN1)NCc1ccc(-c2ccccn2)s1. The van der Waals surface area contributed by atoms with Crippen LogP contribution in [-0.2, 0) is 16.1 Å². The van der Waals surface area contributed by atoms with Crippen LogP contribution in [0.1, 0.15) is 11.3 Å². The fourth-order valence-corrected chi connectivity index (χ4v) is 3.28. The van der Waals surface area contributed by atoms with Gasteiger partial charge in [0.1, 0.15) is 0 Å². The van der Waals surface area contributed by atoms with E-state index in [-0.39, 0.29) is 24.4 Å². The predicted molar refractivity (Wildman–Crippen MR) is 93.9 cm³/mol. The van der Waals surface area contributed by atoms with Crippen molar-refractivity contribution < 1.29 is 9.53 Å². The summed E-state index contributed by atoms with van der Waals surface area (Å²) < 4.78 is 5.35. The smallest absolute Gasteiger partial charge is 0.221 e. The first-order valence-electron chi connectivity index (χ1n) is 7.39. The molecule has 0 bridgehead atoms. The van der Waals surface area contributed by atoms with Crippen molar-refractivity contribution in [2.45, 2.75) is 19.0 Å². The maximum absolute atomic E-state index is 11.9. The van der Waals surface area contributed by atoms with Gasteiger partial charge in [-0.25, -0.2) is 0 Å². The Bertz CT molecular complexity index is 615. The minimum Gasteiger partial charge on any atom is -0.378 e. The molecule has 0 radical (unpaired) electrons. The van der Waals surface area contributed by atoms with Crippen molar-refractivity contribution >= 4 is 29.7 Å². The van der Waals surface area contributed by atoms with Gasteiger partial charge in [-0.05, 0) is 24.3 Å². The minimum absolute atomic E-state index is 0. The zero-order valence-electron chi connectivity index (χ0n) is 12.7. The summed E-state index contributed by atoms with van der Waals surface area (Å²) >= 11 is 1.66. The molecule has 1 atom stereocenters. The fourth-order valence-electron chi connectivity index (χ4n) is 2.35. The van der Waals surface area contributed by atoms with Crippen LogP contribution in [0.15, 0.2) is 36.5 Å². The van der Waals surface area contributed by atoms with Gasteiger partial charge in [0.25, 0.3) is 0 Å². The van der Waals surface area contributed by atoms with E-state index >= 15 is 0 Å².